The summed E-state index contributed by atoms with van der Waals surface area (Å²) in [5.41, 5.74) is 1.50. The Balaban J connectivity index is 1.68. The molecular formula is C19H16N4O2S2. The van der Waals surface area contributed by atoms with Gasteiger partial charge >= 0.3 is 0 Å². The Morgan fingerprint density at radius 2 is 1.96 bits per heavy atom. The third kappa shape index (κ3) is 3.81. The van der Waals surface area contributed by atoms with Gasteiger partial charge in [0.15, 0.2) is 10.8 Å². The molecule has 0 saturated heterocycles. The Kier molecular flexibility index (Phi) is 5.08. The molecule has 3 aromatic heterocycles. The van der Waals surface area contributed by atoms with Gasteiger partial charge in [-0.2, -0.15) is 0 Å². The van der Waals surface area contributed by atoms with Crippen LogP contribution in [0.25, 0.3) is 22.0 Å². The standard InChI is InChI=1S/C19H16N4O2S2/c1-2-7-14-22-23-19(26-14)21-17(24)16-15(12-8-4-3-5-9-12)20-18(27-16)13-10-6-11-25-13/h3-6,8-11H,2,7H2,1H3,(H,21,23,24). The molecule has 8 heteroatoms. The van der Waals surface area contributed by atoms with Crippen molar-refractivity contribution in [3.63, 3.8) is 0 Å². The van der Waals surface area contributed by atoms with Crippen LogP contribution < -0.4 is 5.32 Å². The van der Waals surface area contributed by atoms with Gasteiger partial charge in [0, 0.05) is 12.0 Å². The van der Waals surface area contributed by atoms with Crippen LogP contribution in [0, 0.1) is 0 Å². The van der Waals surface area contributed by atoms with Crippen molar-refractivity contribution in [2.24, 2.45) is 0 Å². The van der Waals surface area contributed by atoms with Gasteiger partial charge in [-0.3, -0.25) is 10.1 Å². The number of hydrogen-bond donors (Lipinski definition) is 1. The third-order valence-corrected chi connectivity index (χ3v) is 5.73. The highest BCUT2D eigenvalue weighted by molar-refractivity contribution is 7.18. The van der Waals surface area contributed by atoms with E-state index in [1.807, 2.05) is 36.4 Å². The van der Waals surface area contributed by atoms with Crippen molar-refractivity contribution in [1.29, 1.82) is 0 Å². The fourth-order valence-corrected chi connectivity index (χ4v) is 4.33. The molecule has 1 aromatic carbocycles. The zero-order valence-electron chi connectivity index (χ0n) is 14.5. The normalized spacial score (nSPS) is 10.9. The van der Waals surface area contributed by atoms with Gasteiger partial charge in [-0.05, 0) is 18.6 Å². The molecule has 0 fully saturated rings. The smallest absolute Gasteiger partial charge is 0.269 e. The predicted molar refractivity (Wildman–Crippen MR) is 107 cm³/mol. The van der Waals surface area contributed by atoms with Crippen LogP contribution in [0.3, 0.4) is 0 Å². The van der Waals surface area contributed by atoms with E-state index in [2.05, 4.69) is 27.4 Å². The Morgan fingerprint density at radius 3 is 2.70 bits per heavy atom. The number of rotatable bonds is 6. The summed E-state index contributed by atoms with van der Waals surface area (Å²) in [7, 11) is 0. The van der Waals surface area contributed by atoms with E-state index in [0.717, 1.165) is 23.4 Å². The second-order valence-electron chi connectivity index (χ2n) is 5.75. The van der Waals surface area contributed by atoms with Crippen molar-refractivity contribution in [1.82, 2.24) is 15.2 Å². The summed E-state index contributed by atoms with van der Waals surface area (Å²) in [5.74, 6) is 0.390. The second kappa shape index (κ2) is 7.81. The number of aryl methyl sites for hydroxylation is 1. The monoisotopic (exact) mass is 396 g/mol. The molecule has 136 valence electrons. The van der Waals surface area contributed by atoms with Crippen LogP contribution in [-0.4, -0.2) is 21.1 Å². The number of carbonyl (C=O) groups is 1. The summed E-state index contributed by atoms with van der Waals surface area (Å²) in [6.45, 7) is 2.08. The fourth-order valence-electron chi connectivity index (χ4n) is 2.54. The minimum Gasteiger partial charge on any atom is -0.462 e. The van der Waals surface area contributed by atoms with E-state index in [1.165, 1.54) is 22.7 Å². The molecule has 0 aliphatic heterocycles. The number of carbonyl (C=O) groups excluding carboxylic acids is 1. The highest BCUT2D eigenvalue weighted by atomic mass is 32.1. The van der Waals surface area contributed by atoms with Crippen LogP contribution in [0.5, 0.6) is 0 Å². The van der Waals surface area contributed by atoms with Crippen LogP contribution in [0.2, 0.25) is 0 Å². The molecule has 0 aliphatic rings. The van der Waals surface area contributed by atoms with E-state index in [0.29, 0.717) is 26.5 Å². The molecule has 4 rings (SSSR count). The van der Waals surface area contributed by atoms with Crippen molar-refractivity contribution in [3.8, 4) is 22.0 Å². The van der Waals surface area contributed by atoms with Crippen LogP contribution in [0.1, 0.15) is 28.0 Å². The van der Waals surface area contributed by atoms with Gasteiger partial charge in [0.1, 0.15) is 9.88 Å². The lowest BCUT2D eigenvalue weighted by Gasteiger charge is -2.02. The number of benzene rings is 1. The van der Waals surface area contributed by atoms with Gasteiger partial charge in [-0.15, -0.1) is 21.5 Å². The average Bonchev–Trinajstić information content (AvgIpc) is 3.43. The van der Waals surface area contributed by atoms with E-state index >= 15 is 0 Å². The minimum absolute atomic E-state index is 0.247. The number of hydrogen-bond acceptors (Lipinski definition) is 7. The van der Waals surface area contributed by atoms with Crippen molar-refractivity contribution in [3.05, 3.63) is 58.6 Å². The zero-order chi connectivity index (χ0) is 18.6. The number of nitrogens with one attached hydrogen (secondary N) is 1. The summed E-state index contributed by atoms with van der Waals surface area (Å²) in [6.07, 6.45) is 3.43. The number of anilines is 1. The van der Waals surface area contributed by atoms with E-state index in [1.54, 1.807) is 12.3 Å². The summed E-state index contributed by atoms with van der Waals surface area (Å²) in [4.78, 5) is 18.1. The summed E-state index contributed by atoms with van der Waals surface area (Å²) in [5, 5.41) is 13.1. The van der Waals surface area contributed by atoms with Gasteiger partial charge in [0.05, 0.1) is 12.0 Å². The summed E-state index contributed by atoms with van der Waals surface area (Å²) >= 11 is 2.69. The lowest BCUT2D eigenvalue weighted by Crippen LogP contribution is -2.11. The first-order valence-corrected chi connectivity index (χ1v) is 10.1. The topological polar surface area (TPSA) is 80.9 Å². The number of aromatic nitrogens is 3. The lowest BCUT2D eigenvalue weighted by atomic mass is 10.1. The van der Waals surface area contributed by atoms with E-state index in [9.17, 15) is 4.79 Å². The van der Waals surface area contributed by atoms with Gasteiger partial charge in [-0.1, -0.05) is 48.6 Å². The molecule has 6 nitrogen and oxygen atoms in total. The van der Waals surface area contributed by atoms with Crippen LogP contribution in [-0.2, 0) is 6.42 Å². The average molecular weight is 396 g/mol. The number of nitrogens with zero attached hydrogens (tertiary/aromatic N) is 3. The Hall–Kier alpha value is -2.84. The molecule has 0 bridgehead atoms. The Labute approximate surface area is 163 Å². The molecule has 0 atom stereocenters. The molecule has 1 amide bonds. The van der Waals surface area contributed by atoms with E-state index in [-0.39, 0.29) is 5.91 Å². The second-order valence-corrected chi connectivity index (χ2v) is 7.81. The highest BCUT2D eigenvalue weighted by Crippen LogP contribution is 2.34. The van der Waals surface area contributed by atoms with Crippen molar-refractivity contribution in [2.45, 2.75) is 19.8 Å². The lowest BCUT2D eigenvalue weighted by molar-refractivity contribution is 0.103. The molecule has 0 unspecified atom stereocenters. The molecule has 4 aromatic rings. The Bertz CT molecular complexity index is 1040. The first kappa shape index (κ1) is 17.6. The molecule has 0 radical (unpaired) electrons. The quantitative estimate of drug-likeness (QED) is 0.489. The van der Waals surface area contributed by atoms with Gasteiger partial charge in [0.2, 0.25) is 5.13 Å². The largest absolute Gasteiger partial charge is 0.462 e. The first-order valence-electron chi connectivity index (χ1n) is 8.48. The van der Waals surface area contributed by atoms with Crippen molar-refractivity contribution < 1.29 is 9.21 Å². The molecule has 1 N–H and O–H groups in total. The molecule has 0 spiro atoms. The maximum atomic E-state index is 12.9. The van der Waals surface area contributed by atoms with E-state index in [4.69, 9.17) is 4.42 Å². The molecule has 3 heterocycles. The third-order valence-electron chi connectivity index (χ3n) is 3.76. The van der Waals surface area contributed by atoms with Crippen LogP contribution in [0.4, 0.5) is 5.13 Å². The maximum Gasteiger partial charge on any atom is 0.269 e. The van der Waals surface area contributed by atoms with Gasteiger partial charge in [-0.25, -0.2) is 4.98 Å². The summed E-state index contributed by atoms with van der Waals surface area (Å²) in [6, 6.07) is 13.3. The highest BCUT2D eigenvalue weighted by Gasteiger charge is 2.22. The SMILES string of the molecule is CCCc1nnc(NC(=O)c2sc(-c3ccco3)nc2-c2ccccc2)s1. The maximum absolute atomic E-state index is 12.9. The van der Waals surface area contributed by atoms with Gasteiger partial charge in [0.25, 0.3) is 5.91 Å². The fraction of sp³-hybridized carbons (Fsp3) is 0.158. The molecule has 0 aliphatic carbocycles. The number of amides is 1. The predicted octanol–water partition coefficient (Wildman–Crippen LogP) is 5.13. The number of furan rings is 1. The zero-order valence-corrected chi connectivity index (χ0v) is 16.1. The minimum atomic E-state index is -0.247. The number of thiazole rings is 1. The van der Waals surface area contributed by atoms with Gasteiger partial charge < -0.3 is 4.42 Å². The Morgan fingerprint density at radius 1 is 1.11 bits per heavy atom. The molecule has 0 saturated carbocycles. The van der Waals surface area contributed by atoms with Crippen molar-refractivity contribution in [2.75, 3.05) is 5.32 Å². The summed E-state index contributed by atoms with van der Waals surface area (Å²) < 4.78 is 5.45. The van der Waals surface area contributed by atoms with Crippen LogP contribution >= 0.6 is 22.7 Å². The molecular weight excluding hydrogens is 380 g/mol. The first-order chi connectivity index (χ1) is 13.2. The van der Waals surface area contributed by atoms with Crippen molar-refractivity contribution >= 4 is 33.7 Å². The van der Waals surface area contributed by atoms with Crippen LogP contribution in [0.15, 0.2) is 53.1 Å². The van der Waals surface area contributed by atoms with E-state index < -0.39 is 0 Å². The molecule has 27 heavy (non-hydrogen) atoms.